The smallest absolute Gasteiger partial charge is 0.306 e. The van der Waals surface area contributed by atoms with Crippen LogP contribution in [0.5, 0.6) is 0 Å². The lowest BCUT2D eigenvalue weighted by atomic mass is 10.2. The van der Waals surface area contributed by atoms with E-state index in [2.05, 4.69) is 0 Å². The maximum atomic E-state index is 13.1. The molecule has 0 radical (unpaired) electrons. The predicted octanol–water partition coefficient (Wildman–Crippen LogP) is 1.27. The number of carbonyl (C=O) groups excluding carboxylic acids is 2. The molecule has 0 fully saturated rings. The molecule has 4 nitrogen and oxygen atoms in total. The number of halogens is 2. The fraction of sp³-hybridized carbons (Fsp3) is 0.273. The van der Waals surface area contributed by atoms with Crippen LogP contribution in [0.15, 0.2) is 18.2 Å². The van der Waals surface area contributed by atoms with Crippen LogP contribution < -0.4 is 5.73 Å². The molecule has 1 rings (SSSR count). The number of benzene rings is 1. The average Bonchev–Trinajstić information content (AvgIpc) is 2.25. The van der Waals surface area contributed by atoms with Crippen molar-refractivity contribution in [2.24, 2.45) is 5.73 Å². The molecule has 1 aromatic rings. The van der Waals surface area contributed by atoms with Crippen LogP contribution >= 0.6 is 0 Å². The van der Waals surface area contributed by atoms with Crippen molar-refractivity contribution in [1.82, 2.24) is 0 Å². The van der Waals surface area contributed by atoms with Crippen molar-refractivity contribution in [1.29, 1.82) is 0 Å². The van der Waals surface area contributed by atoms with Crippen LogP contribution in [0.25, 0.3) is 0 Å². The van der Waals surface area contributed by atoms with E-state index in [1.54, 1.807) is 0 Å². The lowest BCUT2D eigenvalue weighted by Gasteiger charge is -2.05. The highest BCUT2D eigenvalue weighted by Crippen LogP contribution is 2.11. The summed E-state index contributed by atoms with van der Waals surface area (Å²) in [5.74, 6) is -2.76. The third kappa shape index (κ3) is 4.58. The van der Waals surface area contributed by atoms with Gasteiger partial charge in [0.15, 0.2) is 0 Å². The molecule has 6 heteroatoms. The van der Waals surface area contributed by atoms with Gasteiger partial charge in [-0.25, -0.2) is 8.78 Å². The van der Waals surface area contributed by atoms with Gasteiger partial charge in [0.2, 0.25) is 5.91 Å². The van der Waals surface area contributed by atoms with E-state index < -0.39 is 23.5 Å². The Kier molecular flexibility index (Phi) is 4.56. The zero-order valence-corrected chi connectivity index (χ0v) is 8.91. The molecule has 0 aliphatic carbocycles. The van der Waals surface area contributed by atoms with Crippen molar-refractivity contribution < 1.29 is 23.1 Å². The third-order valence-electron chi connectivity index (χ3n) is 1.98. The number of hydrogen-bond donors (Lipinski definition) is 1. The highest BCUT2D eigenvalue weighted by molar-refractivity contribution is 5.79. The minimum absolute atomic E-state index is 0.0684. The second kappa shape index (κ2) is 5.93. The molecule has 2 N–H and O–H groups in total. The number of rotatable bonds is 5. The van der Waals surface area contributed by atoms with Gasteiger partial charge < -0.3 is 10.5 Å². The summed E-state index contributed by atoms with van der Waals surface area (Å²) in [4.78, 5) is 21.5. The second-order valence-corrected chi connectivity index (χ2v) is 3.36. The summed E-state index contributed by atoms with van der Waals surface area (Å²) < 4.78 is 30.4. The first kappa shape index (κ1) is 13.1. The normalized spacial score (nSPS) is 10.0. The van der Waals surface area contributed by atoms with E-state index in [1.165, 1.54) is 6.07 Å². The zero-order valence-electron chi connectivity index (χ0n) is 8.91. The Hall–Kier alpha value is -1.98. The number of amides is 1. The summed E-state index contributed by atoms with van der Waals surface area (Å²) >= 11 is 0. The molecular formula is C11H11F2NO3. The summed E-state index contributed by atoms with van der Waals surface area (Å²) in [5, 5.41) is 0. The van der Waals surface area contributed by atoms with Crippen LogP contribution in [0.2, 0.25) is 0 Å². The van der Waals surface area contributed by atoms with E-state index in [0.717, 1.165) is 6.07 Å². The molecule has 0 bridgehead atoms. The molecule has 17 heavy (non-hydrogen) atoms. The molecule has 0 aliphatic heterocycles. The van der Waals surface area contributed by atoms with Crippen molar-refractivity contribution >= 4 is 11.9 Å². The summed E-state index contributed by atoms with van der Waals surface area (Å²) in [7, 11) is 0. The molecule has 1 amide bonds. The maximum Gasteiger partial charge on any atom is 0.306 e. The molecule has 0 saturated carbocycles. The van der Waals surface area contributed by atoms with E-state index in [9.17, 15) is 18.4 Å². The van der Waals surface area contributed by atoms with Crippen molar-refractivity contribution in [3.63, 3.8) is 0 Å². The monoisotopic (exact) mass is 243 g/mol. The first-order valence-corrected chi connectivity index (χ1v) is 4.87. The van der Waals surface area contributed by atoms with E-state index in [4.69, 9.17) is 10.5 Å². The van der Waals surface area contributed by atoms with Gasteiger partial charge in [-0.3, -0.25) is 9.59 Å². The van der Waals surface area contributed by atoms with Gasteiger partial charge in [0.05, 0.1) is 6.42 Å². The van der Waals surface area contributed by atoms with Gasteiger partial charge >= 0.3 is 5.97 Å². The van der Waals surface area contributed by atoms with Crippen molar-refractivity contribution in [2.75, 3.05) is 0 Å². The van der Waals surface area contributed by atoms with Gasteiger partial charge in [0, 0.05) is 18.1 Å². The van der Waals surface area contributed by atoms with Crippen molar-refractivity contribution in [3.05, 3.63) is 35.4 Å². The summed E-state index contributed by atoms with van der Waals surface area (Å²) in [6.07, 6.45) is -0.275. The second-order valence-electron chi connectivity index (χ2n) is 3.36. The molecule has 1 aromatic carbocycles. The average molecular weight is 243 g/mol. The van der Waals surface area contributed by atoms with Crippen LogP contribution in [0, 0.1) is 11.6 Å². The van der Waals surface area contributed by atoms with Gasteiger partial charge in [0.1, 0.15) is 18.2 Å². The minimum atomic E-state index is -0.785. The zero-order chi connectivity index (χ0) is 12.8. The largest absolute Gasteiger partial charge is 0.461 e. The predicted molar refractivity (Wildman–Crippen MR) is 54.6 cm³/mol. The van der Waals surface area contributed by atoms with Gasteiger partial charge in [-0.05, 0) is 12.1 Å². The Balaban J connectivity index is 2.44. The molecule has 0 unspecified atom stereocenters. The Bertz CT molecular complexity index is 435. The maximum absolute atomic E-state index is 13.1. The first-order valence-electron chi connectivity index (χ1n) is 4.87. The fourth-order valence-corrected chi connectivity index (χ4v) is 1.09. The first-order chi connectivity index (χ1) is 7.99. The van der Waals surface area contributed by atoms with Gasteiger partial charge in [-0.2, -0.15) is 0 Å². The molecule has 0 atom stereocenters. The van der Waals surface area contributed by atoms with Crippen LogP contribution in [0.3, 0.4) is 0 Å². The topological polar surface area (TPSA) is 69.4 Å². The Morgan fingerprint density at radius 1 is 1.24 bits per heavy atom. The highest BCUT2D eigenvalue weighted by atomic mass is 19.1. The molecule has 0 saturated heterocycles. The molecular weight excluding hydrogens is 232 g/mol. The summed E-state index contributed by atoms with van der Waals surface area (Å²) in [5.41, 5.74) is 4.91. The van der Waals surface area contributed by atoms with E-state index >= 15 is 0 Å². The third-order valence-corrected chi connectivity index (χ3v) is 1.98. The van der Waals surface area contributed by atoms with Gasteiger partial charge in [-0.15, -0.1) is 0 Å². The fourth-order valence-electron chi connectivity index (χ4n) is 1.09. The molecule has 0 heterocycles. The SMILES string of the molecule is NC(=O)CCC(=O)OCc1ccc(F)cc1F. The van der Waals surface area contributed by atoms with Crippen LogP contribution in [0.4, 0.5) is 8.78 Å². The number of nitrogens with two attached hydrogens (primary N) is 1. The molecule has 0 aliphatic rings. The number of ether oxygens (including phenoxy) is 1. The van der Waals surface area contributed by atoms with E-state index in [1.807, 2.05) is 0 Å². The van der Waals surface area contributed by atoms with E-state index in [-0.39, 0.29) is 25.0 Å². The Labute approximate surface area is 96.4 Å². The summed E-state index contributed by atoms with van der Waals surface area (Å²) in [6, 6.07) is 2.95. The van der Waals surface area contributed by atoms with Crippen LogP contribution in [-0.4, -0.2) is 11.9 Å². The lowest BCUT2D eigenvalue weighted by molar-refractivity contribution is -0.146. The standard InChI is InChI=1S/C11H11F2NO3/c12-8-2-1-7(9(13)5-8)6-17-11(16)4-3-10(14)15/h1-2,5H,3-4,6H2,(H2,14,15). The minimum Gasteiger partial charge on any atom is -0.461 e. The quantitative estimate of drug-likeness (QED) is 0.792. The number of primary amides is 1. The Morgan fingerprint density at radius 3 is 2.53 bits per heavy atom. The van der Waals surface area contributed by atoms with E-state index in [0.29, 0.717) is 6.07 Å². The van der Waals surface area contributed by atoms with Crippen molar-refractivity contribution in [3.8, 4) is 0 Å². The van der Waals surface area contributed by atoms with Gasteiger partial charge in [0.25, 0.3) is 0 Å². The summed E-state index contributed by atoms with van der Waals surface area (Å²) in [6.45, 7) is -0.302. The van der Waals surface area contributed by atoms with Crippen LogP contribution in [0.1, 0.15) is 18.4 Å². The van der Waals surface area contributed by atoms with Crippen molar-refractivity contribution in [2.45, 2.75) is 19.4 Å². The molecule has 92 valence electrons. The Morgan fingerprint density at radius 2 is 1.94 bits per heavy atom. The van der Waals surface area contributed by atoms with Gasteiger partial charge in [-0.1, -0.05) is 0 Å². The lowest BCUT2D eigenvalue weighted by Crippen LogP contribution is -2.14. The number of esters is 1. The highest BCUT2D eigenvalue weighted by Gasteiger charge is 2.08. The van der Waals surface area contributed by atoms with Crippen LogP contribution in [-0.2, 0) is 20.9 Å². The molecule has 0 aromatic heterocycles. The number of hydrogen-bond acceptors (Lipinski definition) is 3. The number of carbonyl (C=O) groups is 2. The molecule has 0 spiro atoms.